The number of hydrogen-bond acceptors (Lipinski definition) is 2. The van der Waals surface area contributed by atoms with Crippen LogP contribution in [0.1, 0.15) is 12.0 Å². The maximum absolute atomic E-state index is 8.91. The molecule has 0 atom stereocenters. The SMILES string of the molecule is N#CCCc1c(-c2ccccc2)n[nH]c1-c1ccccc1. The van der Waals surface area contributed by atoms with E-state index in [-0.39, 0.29) is 0 Å². The van der Waals surface area contributed by atoms with Crippen molar-refractivity contribution in [3.8, 4) is 28.6 Å². The van der Waals surface area contributed by atoms with Gasteiger partial charge < -0.3 is 0 Å². The Kier molecular flexibility index (Phi) is 3.79. The predicted octanol–water partition coefficient (Wildman–Crippen LogP) is 4.20. The molecule has 0 amide bonds. The van der Waals surface area contributed by atoms with Crippen LogP contribution in [-0.4, -0.2) is 10.2 Å². The van der Waals surface area contributed by atoms with Crippen molar-refractivity contribution in [2.24, 2.45) is 0 Å². The van der Waals surface area contributed by atoms with Gasteiger partial charge in [0.25, 0.3) is 0 Å². The van der Waals surface area contributed by atoms with E-state index in [1.54, 1.807) is 0 Å². The summed E-state index contributed by atoms with van der Waals surface area (Å²) >= 11 is 0. The smallest absolute Gasteiger partial charge is 0.0959 e. The summed E-state index contributed by atoms with van der Waals surface area (Å²) in [5, 5.41) is 16.5. The second-order valence-corrected chi connectivity index (χ2v) is 4.82. The maximum atomic E-state index is 8.91. The molecule has 0 saturated heterocycles. The number of nitrogens with one attached hydrogen (secondary N) is 1. The summed E-state index contributed by atoms with van der Waals surface area (Å²) in [4.78, 5) is 0. The highest BCUT2D eigenvalue weighted by Gasteiger charge is 2.15. The highest BCUT2D eigenvalue weighted by molar-refractivity contribution is 5.74. The third-order valence-corrected chi connectivity index (χ3v) is 3.46. The van der Waals surface area contributed by atoms with Crippen molar-refractivity contribution in [3.63, 3.8) is 0 Å². The van der Waals surface area contributed by atoms with Crippen molar-refractivity contribution in [1.82, 2.24) is 10.2 Å². The van der Waals surface area contributed by atoms with Gasteiger partial charge in [-0.2, -0.15) is 10.4 Å². The predicted molar refractivity (Wildman–Crippen MR) is 83.4 cm³/mol. The summed E-state index contributed by atoms with van der Waals surface area (Å²) in [5.74, 6) is 0. The van der Waals surface area contributed by atoms with Gasteiger partial charge in [-0.25, -0.2) is 0 Å². The average molecular weight is 273 g/mol. The van der Waals surface area contributed by atoms with Crippen LogP contribution in [0.3, 0.4) is 0 Å². The van der Waals surface area contributed by atoms with Crippen molar-refractivity contribution in [2.75, 3.05) is 0 Å². The first-order valence-corrected chi connectivity index (χ1v) is 6.95. The van der Waals surface area contributed by atoms with E-state index in [9.17, 15) is 0 Å². The summed E-state index contributed by atoms with van der Waals surface area (Å²) in [6.07, 6.45) is 1.18. The van der Waals surface area contributed by atoms with E-state index in [4.69, 9.17) is 5.26 Å². The van der Waals surface area contributed by atoms with E-state index in [0.717, 1.165) is 28.1 Å². The largest absolute Gasteiger partial charge is 0.277 e. The molecule has 1 N–H and O–H groups in total. The molecule has 1 heterocycles. The number of hydrogen-bond donors (Lipinski definition) is 1. The minimum Gasteiger partial charge on any atom is -0.277 e. The first-order chi connectivity index (χ1) is 10.4. The maximum Gasteiger partial charge on any atom is 0.0959 e. The number of nitriles is 1. The number of aromatic nitrogens is 2. The Morgan fingerprint density at radius 2 is 1.52 bits per heavy atom. The second-order valence-electron chi connectivity index (χ2n) is 4.82. The van der Waals surface area contributed by atoms with Crippen molar-refractivity contribution >= 4 is 0 Å². The van der Waals surface area contributed by atoms with Crippen molar-refractivity contribution in [2.45, 2.75) is 12.8 Å². The fraction of sp³-hybridized carbons (Fsp3) is 0.111. The molecule has 3 aromatic rings. The summed E-state index contributed by atoms with van der Waals surface area (Å²) in [6, 6.07) is 22.4. The molecule has 0 aliphatic carbocycles. The molecule has 0 spiro atoms. The van der Waals surface area contributed by atoms with E-state index in [1.807, 2.05) is 48.5 Å². The Hall–Kier alpha value is -2.86. The van der Waals surface area contributed by atoms with E-state index < -0.39 is 0 Å². The van der Waals surface area contributed by atoms with Crippen LogP contribution in [0.5, 0.6) is 0 Å². The number of nitrogens with zero attached hydrogens (tertiary/aromatic N) is 2. The quantitative estimate of drug-likeness (QED) is 0.774. The van der Waals surface area contributed by atoms with E-state index in [2.05, 4.69) is 28.4 Å². The van der Waals surface area contributed by atoms with Crippen LogP contribution in [0.4, 0.5) is 0 Å². The van der Waals surface area contributed by atoms with Gasteiger partial charge in [0.2, 0.25) is 0 Å². The highest BCUT2D eigenvalue weighted by Crippen LogP contribution is 2.30. The molecule has 3 heteroatoms. The van der Waals surface area contributed by atoms with E-state index >= 15 is 0 Å². The Morgan fingerprint density at radius 1 is 0.905 bits per heavy atom. The van der Waals surface area contributed by atoms with Crippen molar-refractivity contribution in [3.05, 3.63) is 66.2 Å². The molecule has 3 nitrogen and oxygen atoms in total. The second kappa shape index (κ2) is 6.06. The number of benzene rings is 2. The van der Waals surface area contributed by atoms with Gasteiger partial charge in [-0.1, -0.05) is 60.7 Å². The fourth-order valence-corrected chi connectivity index (χ4v) is 2.47. The lowest BCUT2D eigenvalue weighted by Crippen LogP contribution is -1.90. The van der Waals surface area contributed by atoms with Gasteiger partial charge in [0, 0.05) is 17.5 Å². The lowest BCUT2D eigenvalue weighted by atomic mass is 9.98. The van der Waals surface area contributed by atoms with E-state index in [0.29, 0.717) is 12.8 Å². The molecule has 0 radical (unpaired) electrons. The third-order valence-electron chi connectivity index (χ3n) is 3.46. The summed E-state index contributed by atoms with van der Waals surface area (Å²) < 4.78 is 0. The van der Waals surface area contributed by atoms with Gasteiger partial charge in [0.15, 0.2) is 0 Å². The Bertz CT molecular complexity index is 695. The molecule has 21 heavy (non-hydrogen) atoms. The number of aromatic amines is 1. The van der Waals surface area contributed by atoms with Crippen LogP contribution in [0, 0.1) is 11.3 Å². The van der Waals surface area contributed by atoms with Crippen LogP contribution < -0.4 is 0 Å². The first-order valence-electron chi connectivity index (χ1n) is 6.95. The van der Waals surface area contributed by atoms with Gasteiger partial charge in [0.1, 0.15) is 0 Å². The highest BCUT2D eigenvalue weighted by atomic mass is 15.1. The number of H-pyrrole nitrogens is 1. The van der Waals surface area contributed by atoms with Gasteiger partial charge >= 0.3 is 0 Å². The molecular formula is C18H15N3. The van der Waals surface area contributed by atoms with E-state index in [1.165, 1.54) is 0 Å². The number of rotatable bonds is 4. The molecule has 0 fully saturated rings. The Morgan fingerprint density at radius 3 is 2.14 bits per heavy atom. The standard InChI is InChI=1S/C18H15N3/c19-13-7-12-16-17(14-8-3-1-4-9-14)20-21-18(16)15-10-5-2-6-11-15/h1-6,8-11H,7,12H2,(H,20,21). The Labute approximate surface area is 123 Å². The zero-order valence-corrected chi connectivity index (χ0v) is 11.6. The van der Waals surface area contributed by atoms with Gasteiger partial charge in [-0.3, -0.25) is 5.10 Å². The molecule has 0 aliphatic rings. The van der Waals surface area contributed by atoms with Crippen LogP contribution in [0.15, 0.2) is 60.7 Å². The third kappa shape index (κ3) is 2.70. The molecule has 3 rings (SSSR count). The molecular weight excluding hydrogens is 258 g/mol. The van der Waals surface area contributed by atoms with Crippen LogP contribution in [-0.2, 0) is 6.42 Å². The fourth-order valence-electron chi connectivity index (χ4n) is 2.47. The zero-order valence-electron chi connectivity index (χ0n) is 11.6. The normalized spacial score (nSPS) is 10.2. The molecule has 1 aromatic heterocycles. The molecule has 2 aromatic carbocycles. The van der Waals surface area contributed by atoms with Gasteiger partial charge in [-0.05, 0) is 12.0 Å². The van der Waals surface area contributed by atoms with Crippen molar-refractivity contribution < 1.29 is 0 Å². The molecule has 0 bridgehead atoms. The minimum absolute atomic E-state index is 0.485. The Balaban J connectivity index is 2.10. The van der Waals surface area contributed by atoms with Crippen LogP contribution >= 0.6 is 0 Å². The average Bonchev–Trinajstić information content (AvgIpc) is 2.98. The lowest BCUT2D eigenvalue weighted by Gasteiger charge is -2.04. The molecule has 102 valence electrons. The zero-order chi connectivity index (χ0) is 14.5. The summed E-state index contributed by atoms with van der Waals surface area (Å²) in [7, 11) is 0. The monoisotopic (exact) mass is 273 g/mol. The van der Waals surface area contributed by atoms with Crippen molar-refractivity contribution in [1.29, 1.82) is 5.26 Å². The molecule has 0 saturated carbocycles. The van der Waals surface area contributed by atoms with Crippen LogP contribution in [0.2, 0.25) is 0 Å². The summed E-state index contributed by atoms with van der Waals surface area (Å²) in [5.41, 5.74) is 5.22. The molecule has 0 aliphatic heterocycles. The summed E-state index contributed by atoms with van der Waals surface area (Å²) in [6.45, 7) is 0. The first kappa shape index (κ1) is 13.1. The van der Waals surface area contributed by atoms with Gasteiger partial charge in [-0.15, -0.1) is 0 Å². The molecule has 0 unspecified atom stereocenters. The minimum atomic E-state index is 0.485. The lowest BCUT2D eigenvalue weighted by molar-refractivity contribution is 1.02. The van der Waals surface area contributed by atoms with Crippen LogP contribution in [0.25, 0.3) is 22.5 Å². The van der Waals surface area contributed by atoms with Gasteiger partial charge in [0.05, 0.1) is 17.5 Å². The topological polar surface area (TPSA) is 52.5 Å².